The summed E-state index contributed by atoms with van der Waals surface area (Å²) in [7, 11) is -3.56. The van der Waals surface area contributed by atoms with Crippen molar-refractivity contribution in [3.8, 4) is 11.4 Å². The van der Waals surface area contributed by atoms with Crippen LogP contribution in [-0.4, -0.2) is 23.2 Å². The van der Waals surface area contributed by atoms with Crippen LogP contribution in [0.1, 0.15) is 43.0 Å². The summed E-state index contributed by atoms with van der Waals surface area (Å²) in [5.74, 6) is 0. The van der Waals surface area contributed by atoms with Crippen LogP contribution >= 0.6 is 0 Å². The first-order chi connectivity index (χ1) is 14.1. The quantitative estimate of drug-likeness (QED) is 0.637. The highest BCUT2D eigenvalue weighted by atomic mass is 32.2. The molecule has 0 atom stereocenters. The second kappa shape index (κ2) is 8.71. The van der Waals surface area contributed by atoms with Crippen LogP contribution in [0.15, 0.2) is 66.2 Å². The number of sulfonamides is 1. The molecule has 0 amide bonds. The fourth-order valence-corrected chi connectivity index (χ4v) is 4.40. The molecule has 2 aromatic heterocycles. The number of benzene rings is 1. The van der Waals surface area contributed by atoms with E-state index in [2.05, 4.69) is 9.71 Å². The molecule has 150 valence electrons. The molecule has 7 heteroatoms. The topological polar surface area (TPSA) is 76.9 Å². The van der Waals surface area contributed by atoms with Crippen molar-refractivity contribution < 1.29 is 8.42 Å². The van der Waals surface area contributed by atoms with Crippen LogP contribution in [0, 0.1) is 0 Å². The second-order valence-corrected chi connectivity index (χ2v) is 8.85. The van der Waals surface area contributed by atoms with Gasteiger partial charge in [-0.05, 0) is 42.7 Å². The van der Waals surface area contributed by atoms with E-state index in [-0.39, 0.29) is 6.54 Å². The minimum atomic E-state index is -3.56. The molecule has 3 aromatic rings. The van der Waals surface area contributed by atoms with Gasteiger partial charge in [-0.1, -0.05) is 49.2 Å². The lowest BCUT2D eigenvalue weighted by Crippen LogP contribution is -2.21. The van der Waals surface area contributed by atoms with E-state index in [9.17, 15) is 8.42 Å². The molecule has 2 heterocycles. The van der Waals surface area contributed by atoms with Crippen LogP contribution in [0.3, 0.4) is 0 Å². The van der Waals surface area contributed by atoms with Crippen LogP contribution in [0.25, 0.3) is 17.5 Å². The van der Waals surface area contributed by atoms with E-state index in [1.807, 2.05) is 59.3 Å². The average Bonchev–Trinajstić information content (AvgIpc) is 3.42. The van der Waals surface area contributed by atoms with E-state index in [1.165, 1.54) is 18.2 Å². The standard InChI is InChI=1S/C22H24N4O2S/c27-29(28,15-13-18-8-2-1-3-9-18)24-17-19-16-22(21-12-6-7-14-23-21)26(25-19)20-10-4-5-11-20/h1-3,6-9,12-16,20,24H,4-5,10-11,17H2. The molecule has 0 bridgehead atoms. The molecular weight excluding hydrogens is 384 g/mol. The molecule has 6 nitrogen and oxygen atoms in total. The Morgan fingerprint density at radius 2 is 1.83 bits per heavy atom. The fourth-order valence-electron chi connectivity index (χ4n) is 3.62. The zero-order valence-electron chi connectivity index (χ0n) is 16.1. The maximum Gasteiger partial charge on any atom is 0.234 e. The minimum Gasteiger partial charge on any atom is -0.260 e. The molecule has 1 aromatic carbocycles. The molecule has 1 N–H and O–H groups in total. The summed E-state index contributed by atoms with van der Waals surface area (Å²) >= 11 is 0. The van der Waals surface area contributed by atoms with E-state index < -0.39 is 10.0 Å². The number of nitrogens with one attached hydrogen (secondary N) is 1. The van der Waals surface area contributed by atoms with Gasteiger partial charge in [0.2, 0.25) is 10.0 Å². The van der Waals surface area contributed by atoms with Crippen molar-refractivity contribution in [1.29, 1.82) is 0 Å². The van der Waals surface area contributed by atoms with Crippen LogP contribution in [0.4, 0.5) is 0 Å². The number of rotatable bonds is 7. The van der Waals surface area contributed by atoms with Crippen molar-refractivity contribution in [1.82, 2.24) is 19.5 Å². The first-order valence-electron chi connectivity index (χ1n) is 9.83. The lowest BCUT2D eigenvalue weighted by atomic mass is 10.2. The first-order valence-corrected chi connectivity index (χ1v) is 11.4. The van der Waals surface area contributed by atoms with Gasteiger partial charge in [0.15, 0.2) is 0 Å². The maximum atomic E-state index is 12.4. The molecule has 4 rings (SSSR count). The summed E-state index contributed by atoms with van der Waals surface area (Å²) in [5, 5.41) is 5.91. The third-order valence-electron chi connectivity index (χ3n) is 5.08. The molecule has 0 saturated heterocycles. The Morgan fingerprint density at radius 3 is 2.55 bits per heavy atom. The van der Waals surface area contributed by atoms with E-state index in [0.29, 0.717) is 11.7 Å². The first kappa shape index (κ1) is 19.5. The van der Waals surface area contributed by atoms with Crippen LogP contribution in [0.2, 0.25) is 0 Å². The summed E-state index contributed by atoms with van der Waals surface area (Å²) in [5.41, 5.74) is 3.31. The van der Waals surface area contributed by atoms with Gasteiger partial charge in [-0.25, -0.2) is 13.1 Å². The highest BCUT2D eigenvalue weighted by Crippen LogP contribution is 2.33. The molecule has 0 radical (unpaired) electrons. The Balaban J connectivity index is 1.52. The number of nitrogens with zero attached hydrogens (tertiary/aromatic N) is 3. The molecule has 1 aliphatic rings. The zero-order chi connectivity index (χ0) is 20.1. The number of hydrogen-bond donors (Lipinski definition) is 1. The van der Waals surface area contributed by atoms with Gasteiger partial charge in [0.25, 0.3) is 0 Å². The average molecular weight is 409 g/mol. The largest absolute Gasteiger partial charge is 0.260 e. The van der Waals surface area contributed by atoms with Gasteiger partial charge < -0.3 is 0 Å². The zero-order valence-corrected chi connectivity index (χ0v) is 16.9. The van der Waals surface area contributed by atoms with E-state index >= 15 is 0 Å². The number of pyridine rings is 1. The molecule has 0 unspecified atom stereocenters. The summed E-state index contributed by atoms with van der Waals surface area (Å²) in [6.45, 7) is 0.140. The molecular formula is C22H24N4O2S. The predicted molar refractivity (Wildman–Crippen MR) is 114 cm³/mol. The molecule has 1 fully saturated rings. The Hall–Kier alpha value is -2.77. The predicted octanol–water partition coefficient (Wildman–Crippen LogP) is 4.15. The molecule has 0 spiro atoms. The molecule has 29 heavy (non-hydrogen) atoms. The third-order valence-corrected chi connectivity index (χ3v) is 6.12. The van der Waals surface area contributed by atoms with Gasteiger partial charge in [0.1, 0.15) is 0 Å². The van der Waals surface area contributed by atoms with E-state index in [4.69, 9.17) is 5.10 Å². The van der Waals surface area contributed by atoms with Gasteiger partial charge in [-0.3, -0.25) is 9.67 Å². The van der Waals surface area contributed by atoms with Crippen LogP contribution in [-0.2, 0) is 16.6 Å². The van der Waals surface area contributed by atoms with Crippen LogP contribution < -0.4 is 4.72 Å². The molecule has 1 aliphatic carbocycles. The third kappa shape index (κ3) is 4.99. The Bertz CT molecular complexity index is 1070. The minimum absolute atomic E-state index is 0.140. The molecule has 1 saturated carbocycles. The maximum absolute atomic E-state index is 12.4. The monoisotopic (exact) mass is 408 g/mol. The van der Waals surface area contributed by atoms with Gasteiger partial charge in [0, 0.05) is 11.6 Å². The van der Waals surface area contributed by atoms with Gasteiger partial charge in [0.05, 0.1) is 29.7 Å². The highest BCUT2D eigenvalue weighted by Gasteiger charge is 2.22. The lowest BCUT2D eigenvalue weighted by molar-refractivity contribution is 0.466. The Morgan fingerprint density at radius 1 is 1.07 bits per heavy atom. The van der Waals surface area contributed by atoms with E-state index in [0.717, 1.165) is 29.8 Å². The summed E-state index contributed by atoms with van der Waals surface area (Å²) in [4.78, 5) is 4.46. The molecule has 0 aliphatic heterocycles. The van der Waals surface area contributed by atoms with Crippen molar-refractivity contribution in [3.05, 3.63) is 77.5 Å². The Labute approximate surface area is 171 Å². The highest BCUT2D eigenvalue weighted by molar-refractivity contribution is 7.92. The fraction of sp³-hybridized carbons (Fsp3) is 0.273. The van der Waals surface area contributed by atoms with Gasteiger partial charge in [-0.2, -0.15) is 5.10 Å². The van der Waals surface area contributed by atoms with E-state index in [1.54, 1.807) is 12.3 Å². The second-order valence-electron chi connectivity index (χ2n) is 7.20. The van der Waals surface area contributed by atoms with Crippen molar-refractivity contribution in [3.63, 3.8) is 0 Å². The van der Waals surface area contributed by atoms with Gasteiger partial charge in [-0.15, -0.1) is 0 Å². The van der Waals surface area contributed by atoms with Crippen molar-refractivity contribution in [2.45, 2.75) is 38.3 Å². The van der Waals surface area contributed by atoms with Crippen molar-refractivity contribution >= 4 is 16.1 Å². The smallest absolute Gasteiger partial charge is 0.234 e. The van der Waals surface area contributed by atoms with Crippen LogP contribution in [0.5, 0.6) is 0 Å². The Kier molecular flexibility index (Phi) is 5.87. The van der Waals surface area contributed by atoms with Crippen molar-refractivity contribution in [2.24, 2.45) is 0 Å². The van der Waals surface area contributed by atoms with Crippen molar-refractivity contribution in [2.75, 3.05) is 0 Å². The summed E-state index contributed by atoms with van der Waals surface area (Å²) < 4.78 is 29.3. The number of aromatic nitrogens is 3. The summed E-state index contributed by atoms with van der Waals surface area (Å²) in [6, 6.07) is 17.4. The lowest BCUT2D eigenvalue weighted by Gasteiger charge is -2.13. The summed E-state index contributed by atoms with van der Waals surface area (Å²) in [6.07, 6.45) is 7.91. The van der Waals surface area contributed by atoms with Gasteiger partial charge >= 0.3 is 0 Å². The SMILES string of the molecule is O=S(=O)(C=Cc1ccccc1)NCc1cc(-c2ccccn2)n(C2CCCC2)n1. The normalized spacial score (nSPS) is 15.3. The number of hydrogen-bond acceptors (Lipinski definition) is 4.